The third-order valence-electron chi connectivity index (χ3n) is 2.57. The minimum Gasteiger partial charge on any atom is -0.464 e. The Morgan fingerprint density at radius 1 is 1.59 bits per heavy atom. The Morgan fingerprint density at radius 3 is 2.65 bits per heavy atom. The molecule has 0 aliphatic carbocycles. The summed E-state index contributed by atoms with van der Waals surface area (Å²) in [5, 5.41) is 0. The Labute approximate surface area is 101 Å². The Bertz CT molecular complexity index is 412. The number of likely N-dealkylation sites (N-methyl/N-ethyl adjacent to an activating group) is 1. The molecule has 6 heteroatoms. The van der Waals surface area contributed by atoms with Crippen molar-refractivity contribution < 1.29 is 9.53 Å². The zero-order valence-electron chi connectivity index (χ0n) is 11.0. The van der Waals surface area contributed by atoms with Crippen molar-refractivity contribution in [2.45, 2.75) is 19.9 Å². The van der Waals surface area contributed by atoms with Crippen LogP contribution < -0.4 is 5.73 Å². The third kappa shape index (κ3) is 2.76. The number of ether oxygens (including phenoxy) is 1. The molecule has 0 saturated heterocycles. The molecule has 1 aromatic rings. The number of anilines is 1. The lowest BCUT2D eigenvalue weighted by Gasteiger charge is -2.20. The van der Waals surface area contributed by atoms with E-state index in [1.807, 2.05) is 32.5 Å². The second-order valence-corrected chi connectivity index (χ2v) is 4.37. The Kier molecular flexibility index (Phi) is 4.11. The van der Waals surface area contributed by atoms with E-state index in [0.29, 0.717) is 5.82 Å². The van der Waals surface area contributed by atoms with Crippen LogP contribution in [0.25, 0.3) is 0 Å². The molecule has 17 heavy (non-hydrogen) atoms. The maximum Gasteiger partial charge on any atom is 0.360 e. The first-order valence-corrected chi connectivity index (χ1v) is 5.45. The van der Waals surface area contributed by atoms with E-state index in [1.165, 1.54) is 7.11 Å². The van der Waals surface area contributed by atoms with Crippen molar-refractivity contribution in [3.63, 3.8) is 0 Å². The smallest absolute Gasteiger partial charge is 0.360 e. The molecule has 6 nitrogen and oxygen atoms in total. The maximum atomic E-state index is 11.5. The first-order chi connectivity index (χ1) is 7.88. The Morgan fingerprint density at radius 2 is 2.18 bits per heavy atom. The number of carbonyl (C=O) groups excluding carboxylic acids is 1. The molecule has 1 rings (SSSR count). The summed E-state index contributed by atoms with van der Waals surface area (Å²) in [4.78, 5) is 17.7. The maximum absolute atomic E-state index is 11.5. The molecule has 1 atom stereocenters. The van der Waals surface area contributed by atoms with Gasteiger partial charge in [0.15, 0.2) is 5.69 Å². The fourth-order valence-electron chi connectivity index (χ4n) is 1.97. The van der Waals surface area contributed by atoms with Crippen LogP contribution in [0.15, 0.2) is 0 Å². The number of nitrogen functional groups attached to an aromatic ring is 1. The Balaban J connectivity index is 3.09. The van der Waals surface area contributed by atoms with Crippen molar-refractivity contribution >= 4 is 11.8 Å². The summed E-state index contributed by atoms with van der Waals surface area (Å²) in [5.74, 6) is 0.586. The van der Waals surface area contributed by atoms with Gasteiger partial charge < -0.3 is 19.9 Å². The minimum absolute atomic E-state index is 0.149. The number of hydrogen-bond donors (Lipinski definition) is 1. The average molecular weight is 240 g/mol. The number of aromatic nitrogens is 2. The van der Waals surface area contributed by atoms with Gasteiger partial charge in [-0.1, -0.05) is 0 Å². The van der Waals surface area contributed by atoms with E-state index in [0.717, 1.165) is 12.4 Å². The first kappa shape index (κ1) is 13.5. The minimum atomic E-state index is -0.499. The lowest BCUT2D eigenvalue weighted by atomic mass is 10.3. The quantitative estimate of drug-likeness (QED) is 0.784. The van der Waals surface area contributed by atoms with Gasteiger partial charge >= 0.3 is 5.97 Å². The van der Waals surface area contributed by atoms with E-state index in [4.69, 9.17) is 5.73 Å². The molecule has 0 fully saturated rings. The van der Waals surface area contributed by atoms with E-state index in [-0.39, 0.29) is 11.7 Å². The van der Waals surface area contributed by atoms with Crippen LogP contribution in [0.2, 0.25) is 0 Å². The average Bonchev–Trinajstić information content (AvgIpc) is 2.52. The van der Waals surface area contributed by atoms with Crippen LogP contribution in [0.4, 0.5) is 5.82 Å². The number of nitrogens with zero attached hydrogens (tertiary/aromatic N) is 3. The van der Waals surface area contributed by atoms with Gasteiger partial charge in [0.05, 0.1) is 7.11 Å². The normalized spacial score (nSPS) is 12.8. The second kappa shape index (κ2) is 5.18. The highest BCUT2D eigenvalue weighted by molar-refractivity contribution is 5.92. The van der Waals surface area contributed by atoms with E-state index in [2.05, 4.69) is 14.6 Å². The summed E-state index contributed by atoms with van der Waals surface area (Å²) in [5.41, 5.74) is 6.13. The van der Waals surface area contributed by atoms with Gasteiger partial charge in [-0.05, 0) is 27.9 Å². The van der Waals surface area contributed by atoms with Crippen LogP contribution in [0.5, 0.6) is 0 Å². The van der Waals surface area contributed by atoms with Crippen LogP contribution in [-0.2, 0) is 4.74 Å². The Hall–Kier alpha value is -1.56. The standard InChI is InChI=1S/C11H20N4O2/c1-7(6-14(3)4)15-8(2)13-9(10(15)12)11(16)17-5/h7H,6,12H2,1-5H3. The number of esters is 1. The topological polar surface area (TPSA) is 73.4 Å². The molecule has 0 aromatic carbocycles. The van der Waals surface area contributed by atoms with Crippen molar-refractivity contribution in [2.24, 2.45) is 0 Å². The summed E-state index contributed by atoms with van der Waals surface area (Å²) < 4.78 is 6.49. The molecule has 1 aromatic heterocycles. The van der Waals surface area contributed by atoms with E-state index in [1.54, 1.807) is 0 Å². The van der Waals surface area contributed by atoms with Gasteiger partial charge in [-0.25, -0.2) is 9.78 Å². The number of carbonyl (C=O) groups is 1. The van der Waals surface area contributed by atoms with Gasteiger partial charge in [-0.2, -0.15) is 0 Å². The lowest BCUT2D eigenvalue weighted by Crippen LogP contribution is -2.24. The van der Waals surface area contributed by atoms with Crippen molar-refractivity contribution in [3.8, 4) is 0 Å². The number of hydrogen-bond acceptors (Lipinski definition) is 5. The molecule has 1 heterocycles. The summed E-state index contributed by atoms with van der Waals surface area (Å²) in [6, 6.07) is 0.149. The largest absolute Gasteiger partial charge is 0.464 e. The van der Waals surface area contributed by atoms with Gasteiger partial charge in [-0.15, -0.1) is 0 Å². The molecular weight excluding hydrogens is 220 g/mol. The predicted octanol–water partition coefficient (Wildman–Crippen LogP) is 0.683. The zero-order valence-corrected chi connectivity index (χ0v) is 11.0. The van der Waals surface area contributed by atoms with Crippen LogP contribution in [-0.4, -0.2) is 48.2 Å². The molecule has 0 radical (unpaired) electrons. The highest BCUT2D eigenvalue weighted by Crippen LogP contribution is 2.21. The van der Waals surface area contributed by atoms with Crippen LogP contribution >= 0.6 is 0 Å². The molecule has 2 N–H and O–H groups in total. The first-order valence-electron chi connectivity index (χ1n) is 5.45. The van der Waals surface area contributed by atoms with Crippen LogP contribution in [0.1, 0.15) is 29.3 Å². The summed E-state index contributed by atoms with van der Waals surface area (Å²) in [6.45, 7) is 4.68. The van der Waals surface area contributed by atoms with Crippen molar-refractivity contribution in [1.82, 2.24) is 14.5 Å². The fourth-order valence-corrected chi connectivity index (χ4v) is 1.97. The summed E-state index contributed by atoms with van der Waals surface area (Å²) in [7, 11) is 5.29. The van der Waals surface area contributed by atoms with Gasteiger partial charge in [0.1, 0.15) is 11.6 Å². The second-order valence-electron chi connectivity index (χ2n) is 4.37. The molecule has 0 spiro atoms. The van der Waals surface area contributed by atoms with Crippen LogP contribution in [0, 0.1) is 6.92 Å². The molecule has 96 valence electrons. The highest BCUT2D eigenvalue weighted by atomic mass is 16.5. The van der Waals surface area contributed by atoms with Crippen LogP contribution in [0.3, 0.4) is 0 Å². The molecule has 0 aliphatic rings. The van der Waals surface area contributed by atoms with Gasteiger partial charge in [0.2, 0.25) is 0 Å². The SMILES string of the molecule is COC(=O)c1nc(C)n(C(C)CN(C)C)c1N. The van der Waals surface area contributed by atoms with E-state index >= 15 is 0 Å². The molecule has 0 aliphatic heterocycles. The molecule has 0 amide bonds. The fraction of sp³-hybridized carbons (Fsp3) is 0.636. The third-order valence-corrected chi connectivity index (χ3v) is 2.57. The molecule has 0 saturated carbocycles. The number of rotatable bonds is 4. The van der Waals surface area contributed by atoms with Gasteiger partial charge in [0.25, 0.3) is 0 Å². The summed E-state index contributed by atoms with van der Waals surface area (Å²) in [6.07, 6.45) is 0. The van der Waals surface area contributed by atoms with Crippen molar-refractivity contribution in [1.29, 1.82) is 0 Å². The predicted molar refractivity (Wildman–Crippen MR) is 66.0 cm³/mol. The molecule has 1 unspecified atom stereocenters. The monoisotopic (exact) mass is 240 g/mol. The number of nitrogens with two attached hydrogens (primary N) is 1. The lowest BCUT2D eigenvalue weighted by molar-refractivity contribution is 0.0595. The van der Waals surface area contributed by atoms with Gasteiger partial charge in [-0.3, -0.25) is 0 Å². The van der Waals surface area contributed by atoms with E-state index in [9.17, 15) is 4.79 Å². The number of methoxy groups -OCH3 is 1. The zero-order chi connectivity index (χ0) is 13.2. The highest BCUT2D eigenvalue weighted by Gasteiger charge is 2.21. The van der Waals surface area contributed by atoms with Crippen molar-refractivity contribution in [3.05, 3.63) is 11.5 Å². The number of imidazole rings is 1. The van der Waals surface area contributed by atoms with E-state index < -0.39 is 5.97 Å². The number of aryl methyl sites for hydroxylation is 1. The summed E-state index contributed by atoms with van der Waals surface area (Å²) >= 11 is 0. The van der Waals surface area contributed by atoms with Gasteiger partial charge in [0, 0.05) is 12.6 Å². The van der Waals surface area contributed by atoms with Crippen molar-refractivity contribution in [2.75, 3.05) is 33.5 Å². The molecule has 0 bridgehead atoms. The molecular formula is C11H20N4O2.